The average molecular weight is 417 g/mol. The Kier molecular flexibility index (Phi) is 6.90. The predicted molar refractivity (Wildman–Crippen MR) is 112 cm³/mol. The van der Waals surface area contributed by atoms with Gasteiger partial charge in [0.25, 0.3) is 0 Å². The highest BCUT2D eigenvalue weighted by Gasteiger charge is 2.56. The Balaban J connectivity index is 1.73. The monoisotopic (exact) mass is 416 g/mol. The van der Waals surface area contributed by atoms with Crippen LogP contribution in [-0.2, 0) is 21.2 Å². The van der Waals surface area contributed by atoms with Crippen molar-refractivity contribution < 1.29 is 23.4 Å². The molecule has 0 bridgehead atoms. The van der Waals surface area contributed by atoms with Gasteiger partial charge in [-0.3, -0.25) is 0 Å². The first-order chi connectivity index (χ1) is 13.9. The van der Waals surface area contributed by atoms with Gasteiger partial charge in [0.05, 0.1) is 23.7 Å². The lowest BCUT2D eigenvalue weighted by molar-refractivity contribution is 0.0386. The zero-order valence-corrected chi connectivity index (χ0v) is 17.2. The van der Waals surface area contributed by atoms with Crippen molar-refractivity contribution >= 4 is 9.84 Å². The van der Waals surface area contributed by atoms with E-state index in [-0.39, 0.29) is 24.2 Å². The summed E-state index contributed by atoms with van der Waals surface area (Å²) in [4.78, 5) is 0.173. The number of sulfone groups is 1. The standard InChI is InChI=1S/C23H28O5S/c1-2-23(29(26,27)20-11-7-4-8-12-20)16-19(24)15-21(23)22(25)13-14-28-17-18-9-5-3-6-10-18/h2-12,19,21-22,24-25H,1,13-17H2/t19-,21+,22+,23?/m1/s1. The zero-order chi connectivity index (χ0) is 20.9. The smallest absolute Gasteiger partial charge is 0.188 e. The third kappa shape index (κ3) is 4.46. The molecule has 0 radical (unpaired) electrons. The van der Waals surface area contributed by atoms with Crippen LogP contribution in [-0.4, -0.2) is 42.2 Å². The molecule has 4 atom stereocenters. The van der Waals surface area contributed by atoms with Gasteiger partial charge in [0.1, 0.15) is 4.75 Å². The van der Waals surface area contributed by atoms with E-state index >= 15 is 0 Å². The van der Waals surface area contributed by atoms with Crippen LogP contribution in [0.3, 0.4) is 0 Å². The minimum absolute atomic E-state index is 0.0281. The SMILES string of the molecule is C=CC1(S(=O)(=O)c2ccccc2)C[C@H](O)C[C@H]1[C@@H](O)CCOCc1ccccc1. The van der Waals surface area contributed by atoms with Gasteiger partial charge in [-0.25, -0.2) is 8.42 Å². The minimum atomic E-state index is -3.83. The molecule has 1 aliphatic rings. The highest BCUT2D eigenvalue weighted by atomic mass is 32.2. The maximum Gasteiger partial charge on any atom is 0.188 e. The van der Waals surface area contributed by atoms with Crippen LogP contribution in [0.2, 0.25) is 0 Å². The molecule has 0 heterocycles. The molecule has 0 saturated heterocycles. The number of ether oxygens (including phenoxy) is 1. The minimum Gasteiger partial charge on any atom is -0.393 e. The fraction of sp³-hybridized carbons (Fsp3) is 0.391. The van der Waals surface area contributed by atoms with Crippen molar-refractivity contribution in [3.63, 3.8) is 0 Å². The normalized spacial score (nSPS) is 25.6. The van der Waals surface area contributed by atoms with E-state index in [4.69, 9.17) is 4.74 Å². The quantitative estimate of drug-likeness (QED) is 0.485. The van der Waals surface area contributed by atoms with Crippen molar-refractivity contribution in [2.45, 2.75) is 47.7 Å². The van der Waals surface area contributed by atoms with Gasteiger partial charge in [-0.2, -0.15) is 0 Å². The Hall–Kier alpha value is -1.99. The van der Waals surface area contributed by atoms with Gasteiger partial charge < -0.3 is 14.9 Å². The van der Waals surface area contributed by atoms with E-state index in [0.717, 1.165) is 5.56 Å². The molecule has 1 saturated carbocycles. The van der Waals surface area contributed by atoms with Crippen molar-refractivity contribution in [2.75, 3.05) is 6.61 Å². The molecule has 156 valence electrons. The molecule has 6 heteroatoms. The second-order valence-corrected chi connectivity index (χ2v) is 9.81. The Morgan fingerprint density at radius 1 is 1.14 bits per heavy atom. The van der Waals surface area contributed by atoms with Crippen LogP contribution < -0.4 is 0 Å². The predicted octanol–water partition coefficient (Wildman–Crippen LogP) is 3.12. The number of hydrogen-bond acceptors (Lipinski definition) is 5. The van der Waals surface area contributed by atoms with Gasteiger partial charge in [-0.05, 0) is 37.0 Å². The number of rotatable bonds is 9. The lowest BCUT2D eigenvalue weighted by Crippen LogP contribution is -2.45. The van der Waals surface area contributed by atoms with Crippen LogP contribution >= 0.6 is 0 Å². The third-order valence-corrected chi connectivity index (χ3v) is 8.27. The van der Waals surface area contributed by atoms with Gasteiger partial charge in [0, 0.05) is 12.5 Å². The Bertz CT molecular complexity index is 897. The lowest BCUT2D eigenvalue weighted by Gasteiger charge is -2.34. The fourth-order valence-electron chi connectivity index (χ4n) is 4.22. The first kappa shape index (κ1) is 21.7. The highest BCUT2D eigenvalue weighted by molar-refractivity contribution is 7.93. The average Bonchev–Trinajstić information content (AvgIpc) is 3.11. The summed E-state index contributed by atoms with van der Waals surface area (Å²) >= 11 is 0. The van der Waals surface area contributed by atoms with Crippen molar-refractivity contribution in [3.8, 4) is 0 Å². The molecule has 2 aromatic carbocycles. The van der Waals surface area contributed by atoms with Crippen molar-refractivity contribution in [1.29, 1.82) is 0 Å². The fourth-order valence-corrected chi connectivity index (χ4v) is 6.46. The highest BCUT2D eigenvalue weighted by Crippen LogP contribution is 2.47. The van der Waals surface area contributed by atoms with Gasteiger partial charge >= 0.3 is 0 Å². The maximum atomic E-state index is 13.4. The molecule has 2 aromatic rings. The second-order valence-electron chi connectivity index (χ2n) is 7.57. The largest absolute Gasteiger partial charge is 0.393 e. The third-order valence-electron chi connectivity index (χ3n) is 5.74. The number of aliphatic hydroxyl groups is 2. The van der Waals surface area contributed by atoms with Gasteiger partial charge in [0.15, 0.2) is 9.84 Å². The summed E-state index contributed by atoms with van der Waals surface area (Å²) in [5, 5.41) is 21.1. The van der Waals surface area contributed by atoms with E-state index in [1.54, 1.807) is 18.2 Å². The Morgan fingerprint density at radius 2 is 1.76 bits per heavy atom. The van der Waals surface area contributed by atoms with Crippen molar-refractivity contribution in [2.24, 2.45) is 5.92 Å². The molecule has 2 N–H and O–H groups in total. The zero-order valence-electron chi connectivity index (χ0n) is 16.4. The Labute approximate surface area is 172 Å². The van der Waals surface area contributed by atoms with Crippen LogP contribution in [0.5, 0.6) is 0 Å². The molecule has 0 aliphatic heterocycles. The summed E-state index contributed by atoms with van der Waals surface area (Å²) in [5.74, 6) is -0.652. The van der Waals surface area contributed by atoms with E-state index in [1.165, 1.54) is 18.2 Å². The molecule has 5 nitrogen and oxygen atoms in total. The topological polar surface area (TPSA) is 83.8 Å². The molecular formula is C23H28O5S. The van der Waals surface area contributed by atoms with E-state index < -0.39 is 32.7 Å². The van der Waals surface area contributed by atoms with E-state index in [9.17, 15) is 18.6 Å². The van der Waals surface area contributed by atoms with Gasteiger partial charge in [-0.15, -0.1) is 6.58 Å². The summed E-state index contributed by atoms with van der Waals surface area (Å²) in [6.45, 7) is 4.50. The summed E-state index contributed by atoms with van der Waals surface area (Å²) < 4.78 is 31.1. The van der Waals surface area contributed by atoms with Crippen LogP contribution in [0.25, 0.3) is 0 Å². The molecular weight excluding hydrogens is 388 g/mol. The molecule has 0 aromatic heterocycles. The lowest BCUT2D eigenvalue weighted by atomic mass is 9.88. The van der Waals surface area contributed by atoms with Crippen LogP contribution in [0.15, 0.2) is 78.2 Å². The van der Waals surface area contributed by atoms with Crippen LogP contribution in [0, 0.1) is 5.92 Å². The van der Waals surface area contributed by atoms with Crippen LogP contribution in [0.4, 0.5) is 0 Å². The molecule has 3 rings (SSSR count). The van der Waals surface area contributed by atoms with E-state index in [0.29, 0.717) is 13.2 Å². The maximum absolute atomic E-state index is 13.4. The summed E-state index contributed by atoms with van der Waals surface area (Å²) in [6, 6.07) is 17.9. The number of aliphatic hydroxyl groups excluding tert-OH is 2. The molecule has 1 unspecified atom stereocenters. The van der Waals surface area contributed by atoms with Crippen molar-refractivity contribution in [3.05, 3.63) is 78.9 Å². The molecule has 0 amide bonds. The number of benzene rings is 2. The van der Waals surface area contributed by atoms with Gasteiger partial charge in [0.2, 0.25) is 0 Å². The first-order valence-corrected chi connectivity index (χ1v) is 11.3. The van der Waals surface area contributed by atoms with Crippen molar-refractivity contribution in [1.82, 2.24) is 0 Å². The van der Waals surface area contributed by atoms with E-state index in [2.05, 4.69) is 6.58 Å². The molecule has 29 heavy (non-hydrogen) atoms. The van der Waals surface area contributed by atoms with E-state index in [1.807, 2.05) is 30.3 Å². The van der Waals surface area contributed by atoms with Crippen LogP contribution in [0.1, 0.15) is 24.8 Å². The summed E-state index contributed by atoms with van der Waals surface area (Å²) in [7, 11) is -3.83. The summed E-state index contributed by atoms with van der Waals surface area (Å²) in [5.41, 5.74) is 1.03. The first-order valence-electron chi connectivity index (χ1n) is 9.82. The number of hydrogen-bond donors (Lipinski definition) is 2. The summed E-state index contributed by atoms with van der Waals surface area (Å²) in [6.07, 6.45) is 0.169. The Morgan fingerprint density at radius 3 is 2.38 bits per heavy atom. The second kappa shape index (κ2) is 9.22. The molecule has 0 spiro atoms. The molecule has 1 fully saturated rings. The molecule has 1 aliphatic carbocycles. The van der Waals surface area contributed by atoms with Gasteiger partial charge in [-0.1, -0.05) is 54.6 Å².